The Morgan fingerprint density at radius 1 is 1.61 bits per heavy atom. The Morgan fingerprint density at radius 2 is 2.28 bits per heavy atom. The molecule has 0 radical (unpaired) electrons. The third-order valence-corrected chi connectivity index (χ3v) is 3.61. The summed E-state index contributed by atoms with van der Waals surface area (Å²) in [6.45, 7) is 8.39. The summed E-state index contributed by atoms with van der Waals surface area (Å²) in [5.41, 5.74) is 5.70. The normalized spacial score (nSPS) is 11.6. The van der Waals surface area contributed by atoms with Gasteiger partial charge in [0.2, 0.25) is 0 Å². The third kappa shape index (κ3) is 3.92. The van der Waals surface area contributed by atoms with Gasteiger partial charge in [-0.25, -0.2) is 4.98 Å². The summed E-state index contributed by atoms with van der Waals surface area (Å²) in [6.07, 6.45) is 2.28. The number of rotatable bonds is 7. The standard InChI is InChI=1S/C11H20N4O2S/c1-4-5-14(8-11(2,3)7-12)10-13-6-9(18-10)15(16)17/h6H,4-5,7-8,12H2,1-3H3. The molecule has 7 heteroatoms. The van der Waals surface area contributed by atoms with Gasteiger partial charge < -0.3 is 10.6 Å². The lowest BCUT2D eigenvalue weighted by atomic mass is 9.93. The van der Waals surface area contributed by atoms with Crippen LogP contribution in [0.2, 0.25) is 0 Å². The summed E-state index contributed by atoms with van der Waals surface area (Å²) in [5, 5.41) is 11.5. The molecule has 102 valence electrons. The number of nitro groups is 1. The van der Waals surface area contributed by atoms with E-state index in [2.05, 4.69) is 30.7 Å². The van der Waals surface area contributed by atoms with Crippen LogP contribution in [0.1, 0.15) is 27.2 Å². The highest BCUT2D eigenvalue weighted by Gasteiger charge is 2.23. The maximum Gasteiger partial charge on any atom is 0.345 e. The molecule has 0 unspecified atom stereocenters. The molecule has 1 rings (SSSR count). The molecule has 1 aromatic heterocycles. The van der Waals surface area contributed by atoms with Gasteiger partial charge in [0.05, 0.1) is 4.92 Å². The smallest absolute Gasteiger partial charge is 0.345 e. The molecule has 1 heterocycles. The molecule has 0 bridgehead atoms. The van der Waals surface area contributed by atoms with Crippen molar-refractivity contribution >= 4 is 21.5 Å². The zero-order chi connectivity index (χ0) is 13.8. The van der Waals surface area contributed by atoms with E-state index in [-0.39, 0.29) is 10.4 Å². The molecule has 18 heavy (non-hydrogen) atoms. The van der Waals surface area contributed by atoms with Crippen LogP contribution in [0.15, 0.2) is 6.20 Å². The van der Waals surface area contributed by atoms with Crippen LogP contribution in [0.4, 0.5) is 10.1 Å². The average molecular weight is 272 g/mol. The van der Waals surface area contributed by atoms with Gasteiger partial charge in [-0.1, -0.05) is 20.8 Å². The summed E-state index contributed by atoms with van der Waals surface area (Å²) in [4.78, 5) is 16.5. The van der Waals surface area contributed by atoms with Gasteiger partial charge in [0.1, 0.15) is 6.20 Å². The van der Waals surface area contributed by atoms with Crippen molar-refractivity contribution in [2.45, 2.75) is 27.2 Å². The Hall–Kier alpha value is -1.21. The number of nitrogens with zero attached hydrogens (tertiary/aromatic N) is 3. The molecule has 1 aromatic rings. The van der Waals surface area contributed by atoms with Gasteiger partial charge in [-0.05, 0) is 29.7 Å². The molecular formula is C11H20N4O2S. The first kappa shape index (κ1) is 14.8. The lowest BCUT2D eigenvalue weighted by Crippen LogP contribution is -2.39. The van der Waals surface area contributed by atoms with Gasteiger partial charge in [0.15, 0.2) is 5.13 Å². The largest absolute Gasteiger partial charge is 0.347 e. The highest BCUT2D eigenvalue weighted by molar-refractivity contribution is 7.18. The SMILES string of the molecule is CCCN(CC(C)(C)CN)c1ncc([N+](=O)[O-])s1. The van der Waals surface area contributed by atoms with Crippen molar-refractivity contribution < 1.29 is 4.92 Å². The molecule has 2 N–H and O–H groups in total. The Balaban J connectivity index is 2.86. The summed E-state index contributed by atoms with van der Waals surface area (Å²) >= 11 is 1.12. The number of hydrogen-bond donors (Lipinski definition) is 1. The van der Waals surface area contributed by atoms with Gasteiger partial charge in [-0.3, -0.25) is 10.1 Å². The van der Waals surface area contributed by atoms with Crippen molar-refractivity contribution in [2.24, 2.45) is 11.1 Å². The molecule has 0 atom stereocenters. The van der Waals surface area contributed by atoms with Crippen molar-refractivity contribution in [1.29, 1.82) is 0 Å². The van der Waals surface area contributed by atoms with E-state index in [4.69, 9.17) is 5.73 Å². The first-order valence-corrected chi connectivity index (χ1v) is 6.76. The van der Waals surface area contributed by atoms with Crippen LogP contribution in [0.5, 0.6) is 0 Å². The van der Waals surface area contributed by atoms with Crippen LogP contribution < -0.4 is 10.6 Å². The van der Waals surface area contributed by atoms with Gasteiger partial charge in [-0.15, -0.1) is 0 Å². The van der Waals surface area contributed by atoms with Crippen LogP contribution in [0, 0.1) is 15.5 Å². The molecule has 6 nitrogen and oxygen atoms in total. The topological polar surface area (TPSA) is 85.3 Å². The molecule has 0 aliphatic rings. The highest BCUT2D eigenvalue weighted by atomic mass is 32.1. The van der Waals surface area contributed by atoms with E-state index in [1.54, 1.807) is 0 Å². The van der Waals surface area contributed by atoms with Crippen molar-refractivity contribution in [3.05, 3.63) is 16.3 Å². The molecule has 0 saturated heterocycles. The summed E-state index contributed by atoms with van der Waals surface area (Å²) in [6, 6.07) is 0. The van der Waals surface area contributed by atoms with Crippen LogP contribution in [-0.4, -0.2) is 29.5 Å². The van der Waals surface area contributed by atoms with E-state index in [9.17, 15) is 10.1 Å². The molecule has 0 spiro atoms. The predicted molar refractivity (Wildman–Crippen MR) is 74.1 cm³/mol. The Bertz CT molecular complexity index is 406. The van der Waals surface area contributed by atoms with Crippen LogP contribution >= 0.6 is 11.3 Å². The highest BCUT2D eigenvalue weighted by Crippen LogP contribution is 2.30. The minimum absolute atomic E-state index is 0.0321. The van der Waals surface area contributed by atoms with E-state index in [0.717, 1.165) is 30.8 Å². The molecular weight excluding hydrogens is 252 g/mol. The van der Waals surface area contributed by atoms with E-state index in [1.165, 1.54) is 6.20 Å². The van der Waals surface area contributed by atoms with Crippen molar-refractivity contribution in [1.82, 2.24) is 4.98 Å². The first-order chi connectivity index (χ1) is 8.39. The fourth-order valence-corrected chi connectivity index (χ4v) is 2.34. The fraction of sp³-hybridized carbons (Fsp3) is 0.727. The number of anilines is 1. The van der Waals surface area contributed by atoms with E-state index >= 15 is 0 Å². The zero-order valence-electron chi connectivity index (χ0n) is 11.0. The van der Waals surface area contributed by atoms with E-state index in [1.807, 2.05) is 0 Å². The number of aromatic nitrogens is 1. The summed E-state index contributed by atoms with van der Waals surface area (Å²) in [7, 11) is 0. The van der Waals surface area contributed by atoms with Crippen LogP contribution in [0.25, 0.3) is 0 Å². The second-order valence-corrected chi connectivity index (χ2v) is 6.02. The summed E-state index contributed by atoms with van der Waals surface area (Å²) in [5.74, 6) is 0. The van der Waals surface area contributed by atoms with E-state index in [0.29, 0.717) is 11.7 Å². The van der Waals surface area contributed by atoms with Crippen molar-refractivity contribution in [2.75, 3.05) is 24.5 Å². The lowest BCUT2D eigenvalue weighted by molar-refractivity contribution is -0.380. The molecule has 0 aromatic carbocycles. The average Bonchev–Trinajstić information content (AvgIpc) is 2.77. The van der Waals surface area contributed by atoms with Gasteiger partial charge in [-0.2, -0.15) is 0 Å². The van der Waals surface area contributed by atoms with Gasteiger partial charge in [0, 0.05) is 13.1 Å². The fourth-order valence-electron chi connectivity index (χ4n) is 1.58. The molecule has 0 fully saturated rings. The molecule has 0 aliphatic heterocycles. The predicted octanol–water partition coefficient (Wildman–Crippen LogP) is 2.25. The first-order valence-electron chi connectivity index (χ1n) is 5.95. The molecule has 0 aliphatic carbocycles. The number of thiazole rings is 1. The number of hydrogen-bond acceptors (Lipinski definition) is 6. The minimum Gasteiger partial charge on any atom is -0.347 e. The van der Waals surface area contributed by atoms with Gasteiger partial charge in [0.25, 0.3) is 0 Å². The Kier molecular flexibility index (Phi) is 5.03. The lowest BCUT2D eigenvalue weighted by Gasteiger charge is -2.31. The molecule has 0 amide bonds. The molecule has 0 saturated carbocycles. The van der Waals surface area contributed by atoms with Crippen LogP contribution in [-0.2, 0) is 0 Å². The Labute approximate surface area is 111 Å². The zero-order valence-corrected chi connectivity index (χ0v) is 11.9. The van der Waals surface area contributed by atoms with E-state index < -0.39 is 4.92 Å². The number of nitrogens with two attached hydrogens (primary N) is 1. The van der Waals surface area contributed by atoms with Crippen molar-refractivity contribution in [3.63, 3.8) is 0 Å². The van der Waals surface area contributed by atoms with Gasteiger partial charge >= 0.3 is 5.00 Å². The monoisotopic (exact) mass is 272 g/mol. The summed E-state index contributed by atoms with van der Waals surface area (Å²) < 4.78 is 0. The third-order valence-electron chi connectivity index (χ3n) is 2.60. The minimum atomic E-state index is -0.403. The van der Waals surface area contributed by atoms with Crippen molar-refractivity contribution in [3.8, 4) is 0 Å². The Morgan fingerprint density at radius 3 is 2.72 bits per heavy atom. The quantitative estimate of drug-likeness (QED) is 0.608. The second-order valence-electron chi connectivity index (χ2n) is 5.03. The maximum absolute atomic E-state index is 10.7. The van der Waals surface area contributed by atoms with Crippen LogP contribution in [0.3, 0.4) is 0 Å². The second kappa shape index (κ2) is 6.10. The maximum atomic E-state index is 10.7.